The van der Waals surface area contributed by atoms with Crippen molar-refractivity contribution < 1.29 is 14.7 Å². The second kappa shape index (κ2) is 6.07. The third-order valence-electron chi connectivity index (χ3n) is 3.80. The summed E-state index contributed by atoms with van der Waals surface area (Å²) in [6.45, 7) is 6.92. The highest BCUT2D eigenvalue weighted by atomic mass is 16.4. The minimum absolute atomic E-state index is 0.00385. The molecule has 0 saturated heterocycles. The van der Waals surface area contributed by atoms with Gasteiger partial charge in [0, 0.05) is 12.6 Å². The number of carboxylic acids is 1. The highest BCUT2D eigenvalue weighted by Gasteiger charge is 2.30. The van der Waals surface area contributed by atoms with Crippen molar-refractivity contribution in [3.63, 3.8) is 0 Å². The van der Waals surface area contributed by atoms with Gasteiger partial charge in [-0.25, -0.2) is 4.79 Å². The Labute approximate surface area is 108 Å². The van der Waals surface area contributed by atoms with Gasteiger partial charge in [0.1, 0.15) is 0 Å². The molecular weight excluding hydrogens is 232 g/mol. The molecule has 2 atom stereocenters. The first-order valence-electron chi connectivity index (χ1n) is 6.61. The Bertz CT molecular complexity index is 315. The summed E-state index contributed by atoms with van der Waals surface area (Å²) in [6.07, 6.45) is 2.94. The van der Waals surface area contributed by atoms with Crippen molar-refractivity contribution in [3.05, 3.63) is 0 Å². The van der Waals surface area contributed by atoms with Crippen LogP contribution in [-0.2, 0) is 4.79 Å². The number of aliphatic carboxylic acids is 1. The van der Waals surface area contributed by atoms with Gasteiger partial charge >= 0.3 is 12.0 Å². The molecule has 0 aromatic rings. The third kappa shape index (κ3) is 4.55. The van der Waals surface area contributed by atoms with E-state index in [4.69, 9.17) is 5.11 Å². The van der Waals surface area contributed by atoms with Gasteiger partial charge in [-0.15, -0.1) is 0 Å². The molecule has 0 radical (unpaired) electrons. The normalized spacial score (nSPS) is 23.7. The lowest BCUT2D eigenvalue weighted by Crippen LogP contribution is -2.44. The second-order valence-corrected chi connectivity index (χ2v) is 5.89. The zero-order valence-electron chi connectivity index (χ0n) is 11.5. The maximum atomic E-state index is 11.7. The highest BCUT2D eigenvalue weighted by Crippen LogP contribution is 2.25. The van der Waals surface area contributed by atoms with Gasteiger partial charge in [-0.2, -0.15) is 0 Å². The van der Waals surface area contributed by atoms with E-state index in [9.17, 15) is 9.59 Å². The lowest BCUT2D eigenvalue weighted by molar-refractivity contribution is -0.141. The molecule has 0 unspecified atom stereocenters. The van der Waals surface area contributed by atoms with E-state index in [2.05, 4.69) is 31.4 Å². The number of carbonyl (C=O) groups is 2. The summed E-state index contributed by atoms with van der Waals surface area (Å²) in [5.41, 5.74) is 0.0939. The number of carboxylic acid groups (broad SMARTS) is 1. The zero-order chi connectivity index (χ0) is 13.8. The van der Waals surface area contributed by atoms with Gasteiger partial charge in [-0.1, -0.05) is 20.8 Å². The van der Waals surface area contributed by atoms with Crippen molar-refractivity contribution in [2.45, 2.75) is 52.5 Å². The molecule has 18 heavy (non-hydrogen) atoms. The maximum absolute atomic E-state index is 11.7. The first-order chi connectivity index (χ1) is 8.34. The van der Waals surface area contributed by atoms with Crippen LogP contribution in [-0.4, -0.2) is 29.7 Å². The van der Waals surface area contributed by atoms with E-state index < -0.39 is 5.97 Å². The van der Waals surface area contributed by atoms with Crippen molar-refractivity contribution in [2.75, 3.05) is 6.54 Å². The van der Waals surface area contributed by atoms with Gasteiger partial charge in [-0.3, -0.25) is 4.79 Å². The number of carbonyl (C=O) groups excluding carboxylic acids is 1. The molecule has 0 bridgehead atoms. The molecule has 2 amide bonds. The summed E-state index contributed by atoms with van der Waals surface area (Å²) >= 11 is 0. The Morgan fingerprint density at radius 1 is 1.33 bits per heavy atom. The van der Waals surface area contributed by atoms with Crippen molar-refractivity contribution >= 4 is 12.0 Å². The van der Waals surface area contributed by atoms with Crippen LogP contribution < -0.4 is 10.6 Å². The molecule has 3 N–H and O–H groups in total. The quantitative estimate of drug-likeness (QED) is 0.703. The number of hydrogen-bond acceptors (Lipinski definition) is 2. The van der Waals surface area contributed by atoms with Crippen molar-refractivity contribution in [2.24, 2.45) is 11.3 Å². The average Bonchev–Trinajstić information content (AvgIpc) is 2.75. The van der Waals surface area contributed by atoms with Gasteiger partial charge in [0.15, 0.2) is 0 Å². The molecule has 0 aromatic carbocycles. The topological polar surface area (TPSA) is 78.4 Å². The predicted octanol–water partition coefficient (Wildman–Crippen LogP) is 1.98. The lowest BCUT2D eigenvalue weighted by Gasteiger charge is -2.23. The number of hydrogen-bond donors (Lipinski definition) is 3. The Balaban J connectivity index is 2.28. The molecule has 5 heteroatoms. The second-order valence-electron chi connectivity index (χ2n) is 5.89. The first-order valence-corrected chi connectivity index (χ1v) is 6.61. The fraction of sp³-hybridized carbons (Fsp3) is 0.846. The minimum Gasteiger partial charge on any atom is -0.481 e. The molecule has 1 aliphatic carbocycles. The Morgan fingerprint density at radius 2 is 2.00 bits per heavy atom. The predicted molar refractivity (Wildman–Crippen MR) is 69.4 cm³/mol. The zero-order valence-corrected chi connectivity index (χ0v) is 11.5. The number of nitrogens with one attached hydrogen (secondary N) is 2. The van der Waals surface area contributed by atoms with E-state index in [1.54, 1.807) is 0 Å². The molecule has 0 aromatic heterocycles. The largest absolute Gasteiger partial charge is 0.481 e. The summed E-state index contributed by atoms with van der Waals surface area (Å²) in [5, 5.41) is 14.6. The van der Waals surface area contributed by atoms with Crippen LogP contribution >= 0.6 is 0 Å². The maximum Gasteiger partial charge on any atom is 0.315 e. The molecule has 0 heterocycles. The van der Waals surface area contributed by atoms with E-state index in [0.29, 0.717) is 19.4 Å². The third-order valence-corrected chi connectivity index (χ3v) is 3.80. The molecule has 1 saturated carbocycles. The van der Waals surface area contributed by atoms with Crippen LogP contribution in [0.1, 0.15) is 46.5 Å². The fourth-order valence-electron chi connectivity index (χ4n) is 2.02. The molecule has 104 valence electrons. The Morgan fingerprint density at radius 3 is 2.50 bits per heavy atom. The van der Waals surface area contributed by atoms with E-state index in [1.807, 2.05) is 0 Å². The number of rotatable bonds is 5. The van der Waals surface area contributed by atoms with Gasteiger partial charge in [0.05, 0.1) is 5.92 Å². The van der Waals surface area contributed by atoms with Crippen molar-refractivity contribution in [1.29, 1.82) is 0 Å². The number of amides is 2. The van der Waals surface area contributed by atoms with Crippen LogP contribution in [0.5, 0.6) is 0 Å². The van der Waals surface area contributed by atoms with Crippen LogP contribution in [0.4, 0.5) is 4.79 Å². The minimum atomic E-state index is -0.758. The van der Waals surface area contributed by atoms with Gasteiger partial charge in [-0.05, 0) is 31.1 Å². The average molecular weight is 256 g/mol. The SMILES string of the molecule is CCC(C)(C)CNC(=O)N[C@H]1CC[C@@H](C(=O)O)C1. The molecule has 0 spiro atoms. The molecule has 1 rings (SSSR count). The summed E-state index contributed by atoms with van der Waals surface area (Å²) in [6, 6.07) is -0.191. The van der Waals surface area contributed by atoms with E-state index in [-0.39, 0.29) is 23.4 Å². The molecule has 0 aliphatic heterocycles. The van der Waals surface area contributed by atoms with Gasteiger partial charge in [0.25, 0.3) is 0 Å². The van der Waals surface area contributed by atoms with Gasteiger partial charge < -0.3 is 15.7 Å². The summed E-state index contributed by atoms with van der Waals surface area (Å²) in [5.74, 6) is -1.06. The summed E-state index contributed by atoms with van der Waals surface area (Å²) in [7, 11) is 0. The first kappa shape index (κ1) is 14.8. The standard InChI is InChI=1S/C13H24N2O3/c1-4-13(2,3)8-14-12(18)15-10-6-5-9(7-10)11(16)17/h9-10H,4-8H2,1-3H3,(H,16,17)(H2,14,15,18)/t9-,10+/m1/s1. The highest BCUT2D eigenvalue weighted by molar-refractivity contribution is 5.75. The van der Waals surface area contributed by atoms with Crippen LogP contribution in [0.25, 0.3) is 0 Å². The fourth-order valence-corrected chi connectivity index (χ4v) is 2.02. The van der Waals surface area contributed by atoms with Gasteiger partial charge in [0.2, 0.25) is 0 Å². The van der Waals surface area contributed by atoms with Crippen LogP contribution in [0, 0.1) is 11.3 Å². The van der Waals surface area contributed by atoms with Crippen LogP contribution in [0.15, 0.2) is 0 Å². The number of urea groups is 1. The van der Waals surface area contributed by atoms with E-state index in [1.165, 1.54) is 0 Å². The lowest BCUT2D eigenvalue weighted by atomic mass is 9.90. The monoisotopic (exact) mass is 256 g/mol. The summed E-state index contributed by atoms with van der Waals surface area (Å²) < 4.78 is 0. The smallest absolute Gasteiger partial charge is 0.315 e. The van der Waals surface area contributed by atoms with E-state index in [0.717, 1.165) is 12.8 Å². The molecule has 1 aliphatic rings. The van der Waals surface area contributed by atoms with Crippen molar-refractivity contribution in [3.8, 4) is 0 Å². The summed E-state index contributed by atoms with van der Waals surface area (Å²) in [4.78, 5) is 22.5. The Kier molecular flexibility index (Phi) is 4.99. The molecular formula is C13H24N2O3. The van der Waals surface area contributed by atoms with Crippen molar-refractivity contribution in [1.82, 2.24) is 10.6 Å². The van der Waals surface area contributed by atoms with E-state index >= 15 is 0 Å². The van der Waals surface area contributed by atoms with Crippen LogP contribution in [0.2, 0.25) is 0 Å². The Hall–Kier alpha value is -1.26. The molecule has 5 nitrogen and oxygen atoms in total. The molecule has 1 fully saturated rings. The van der Waals surface area contributed by atoms with Crippen LogP contribution in [0.3, 0.4) is 0 Å².